The van der Waals surface area contributed by atoms with Gasteiger partial charge in [0.25, 0.3) is 0 Å². The third-order valence-electron chi connectivity index (χ3n) is 4.98. The molecule has 2 heterocycles. The lowest BCUT2D eigenvalue weighted by atomic mass is 10.2. The van der Waals surface area contributed by atoms with Crippen molar-refractivity contribution < 1.29 is 13.9 Å². The summed E-state index contributed by atoms with van der Waals surface area (Å²) in [6, 6.07) is 13.8. The standard InChI is InChI=1S/C23H25FN4O2S/c1-15-12-28(13-16(2)30-15)22-23(27-20-6-4-3-5-19(20)26-22)31-14-21(29)25-11-17-7-9-18(24)10-8-17/h3-10,15-16H,11-14H2,1-2H3,(H,25,29). The number of nitrogens with one attached hydrogen (secondary N) is 1. The van der Waals surface area contributed by atoms with Gasteiger partial charge in [-0.2, -0.15) is 0 Å². The van der Waals surface area contributed by atoms with E-state index in [9.17, 15) is 9.18 Å². The van der Waals surface area contributed by atoms with Crippen LogP contribution in [0.2, 0.25) is 0 Å². The molecule has 1 N–H and O–H groups in total. The van der Waals surface area contributed by atoms with Crippen LogP contribution in [0.5, 0.6) is 0 Å². The molecule has 2 unspecified atom stereocenters. The monoisotopic (exact) mass is 440 g/mol. The summed E-state index contributed by atoms with van der Waals surface area (Å²) in [7, 11) is 0. The van der Waals surface area contributed by atoms with Gasteiger partial charge in [0.2, 0.25) is 5.91 Å². The number of nitrogens with zero attached hydrogens (tertiary/aromatic N) is 3. The molecule has 1 amide bonds. The number of hydrogen-bond acceptors (Lipinski definition) is 6. The maximum absolute atomic E-state index is 13.0. The molecular weight excluding hydrogens is 415 g/mol. The Balaban J connectivity index is 1.49. The Morgan fingerprint density at radius 3 is 2.42 bits per heavy atom. The minimum Gasteiger partial charge on any atom is -0.372 e. The van der Waals surface area contributed by atoms with Gasteiger partial charge >= 0.3 is 0 Å². The average Bonchev–Trinajstić information content (AvgIpc) is 2.76. The fourth-order valence-electron chi connectivity index (χ4n) is 3.62. The Morgan fingerprint density at radius 1 is 1.10 bits per heavy atom. The highest BCUT2D eigenvalue weighted by atomic mass is 32.2. The van der Waals surface area contributed by atoms with Gasteiger partial charge in [0.05, 0.1) is 29.0 Å². The van der Waals surface area contributed by atoms with E-state index in [1.165, 1.54) is 23.9 Å². The molecule has 0 bridgehead atoms. The third kappa shape index (κ3) is 5.51. The van der Waals surface area contributed by atoms with Gasteiger partial charge in [-0.1, -0.05) is 36.0 Å². The highest BCUT2D eigenvalue weighted by molar-refractivity contribution is 8.00. The van der Waals surface area contributed by atoms with Crippen molar-refractivity contribution in [2.24, 2.45) is 0 Å². The van der Waals surface area contributed by atoms with Gasteiger partial charge < -0.3 is 15.0 Å². The molecule has 1 aliphatic heterocycles. The van der Waals surface area contributed by atoms with Gasteiger partial charge in [0, 0.05) is 19.6 Å². The number of morpholine rings is 1. The van der Waals surface area contributed by atoms with Crippen LogP contribution in [0.15, 0.2) is 53.6 Å². The summed E-state index contributed by atoms with van der Waals surface area (Å²) in [4.78, 5) is 24.3. The summed E-state index contributed by atoms with van der Waals surface area (Å²) >= 11 is 1.38. The number of hydrogen-bond donors (Lipinski definition) is 1. The normalized spacial score (nSPS) is 18.9. The lowest BCUT2D eigenvalue weighted by Gasteiger charge is -2.36. The topological polar surface area (TPSA) is 67.4 Å². The summed E-state index contributed by atoms with van der Waals surface area (Å²) in [6.45, 7) is 5.90. The molecule has 1 aliphatic rings. The molecule has 0 aliphatic carbocycles. The molecule has 6 nitrogen and oxygen atoms in total. The van der Waals surface area contributed by atoms with E-state index in [1.807, 2.05) is 38.1 Å². The van der Waals surface area contributed by atoms with Crippen molar-refractivity contribution in [2.45, 2.75) is 37.6 Å². The van der Waals surface area contributed by atoms with Crippen molar-refractivity contribution in [3.05, 3.63) is 59.9 Å². The number of amides is 1. The van der Waals surface area contributed by atoms with Crippen LogP contribution >= 0.6 is 11.8 Å². The van der Waals surface area contributed by atoms with Crippen molar-refractivity contribution in [1.82, 2.24) is 15.3 Å². The second kappa shape index (κ2) is 9.62. The molecule has 31 heavy (non-hydrogen) atoms. The second-order valence-electron chi connectivity index (χ2n) is 7.70. The smallest absolute Gasteiger partial charge is 0.230 e. The number of para-hydroxylation sites is 2. The highest BCUT2D eigenvalue weighted by Gasteiger charge is 2.26. The van der Waals surface area contributed by atoms with Crippen molar-refractivity contribution in [1.29, 1.82) is 0 Å². The molecule has 0 radical (unpaired) electrons. The number of aromatic nitrogens is 2. The van der Waals surface area contributed by atoms with Crippen LogP contribution < -0.4 is 10.2 Å². The van der Waals surface area contributed by atoms with Crippen LogP contribution in [0.3, 0.4) is 0 Å². The number of carbonyl (C=O) groups excluding carboxylic acids is 1. The fourth-order valence-corrected chi connectivity index (χ4v) is 4.45. The van der Waals surface area contributed by atoms with Crippen LogP contribution in [0.25, 0.3) is 11.0 Å². The second-order valence-corrected chi connectivity index (χ2v) is 8.66. The zero-order valence-corrected chi connectivity index (χ0v) is 18.4. The molecule has 8 heteroatoms. The van der Waals surface area contributed by atoms with Crippen molar-refractivity contribution in [3.8, 4) is 0 Å². The molecule has 1 fully saturated rings. The zero-order chi connectivity index (χ0) is 21.8. The number of carbonyl (C=O) groups is 1. The van der Waals surface area contributed by atoms with E-state index in [0.717, 1.165) is 40.5 Å². The molecule has 162 valence electrons. The molecule has 2 aromatic carbocycles. The number of rotatable bonds is 6. The largest absolute Gasteiger partial charge is 0.372 e. The molecule has 1 aromatic heterocycles. The van der Waals surface area contributed by atoms with Gasteiger partial charge in [-0.15, -0.1) is 0 Å². The Morgan fingerprint density at radius 2 is 1.74 bits per heavy atom. The molecule has 0 spiro atoms. The first-order valence-corrected chi connectivity index (χ1v) is 11.3. The number of halogens is 1. The number of fused-ring (bicyclic) bond motifs is 1. The highest BCUT2D eigenvalue weighted by Crippen LogP contribution is 2.31. The lowest BCUT2D eigenvalue weighted by Crippen LogP contribution is -2.46. The Bertz CT molecular complexity index is 1050. The molecule has 0 saturated carbocycles. The molecule has 3 aromatic rings. The van der Waals surface area contributed by atoms with E-state index in [-0.39, 0.29) is 29.7 Å². The van der Waals surface area contributed by atoms with Crippen molar-refractivity contribution in [3.63, 3.8) is 0 Å². The van der Waals surface area contributed by atoms with Gasteiger partial charge in [0.15, 0.2) is 5.82 Å². The Labute approximate surface area is 185 Å². The van der Waals surface area contributed by atoms with Gasteiger partial charge in [-0.25, -0.2) is 14.4 Å². The Kier molecular flexibility index (Phi) is 6.67. The van der Waals surface area contributed by atoms with E-state index in [1.54, 1.807) is 12.1 Å². The minimum absolute atomic E-state index is 0.0916. The first-order valence-electron chi connectivity index (χ1n) is 10.3. The van der Waals surface area contributed by atoms with E-state index < -0.39 is 0 Å². The van der Waals surface area contributed by atoms with E-state index >= 15 is 0 Å². The van der Waals surface area contributed by atoms with Crippen LogP contribution in [0.1, 0.15) is 19.4 Å². The van der Waals surface area contributed by atoms with E-state index in [2.05, 4.69) is 10.2 Å². The quantitative estimate of drug-likeness (QED) is 0.589. The Hall–Kier alpha value is -2.71. The third-order valence-corrected chi connectivity index (χ3v) is 5.94. The van der Waals surface area contributed by atoms with Gasteiger partial charge in [0.1, 0.15) is 10.8 Å². The number of ether oxygens (including phenoxy) is 1. The summed E-state index contributed by atoms with van der Waals surface area (Å²) in [6.07, 6.45) is 0.183. The van der Waals surface area contributed by atoms with Crippen molar-refractivity contribution in [2.75, 3.05) is 23.7 Å². The molecule has 1 saturated heterocycles. The van der Waals surface area contributed by atoms with Gasteiger partial charge in [-0.05, 0) is 43.7 Å². The summed E-state index contributed by atoms with van der Waals surface area (Å²) in [5.41, 5.74) is 2.48. The SMILES string of the molecule is CC1CN(c2nc3ccccc3nc2SCC(=O)NCc2ccc(F)cc2)CC(C)O1. The first kappa shape index (κ1) is 21.5. The van der Waals surface area contributed by atoms with E-state index in [0.29, 0.717) is 6.54 Å². The van der Waals surface area contributed by atoms with Crippen LogP contribution in [0.4, 0.5) is 10.2 Å². The lowest BCUT2D eigenvalue weighted by molar-refractivity contribution is -0.118. The molecule has 2 atom stereocenters. The average molecular weight is 441 g/mol. The summed E-state index contributed by atoms with van der Waals surface area (Å²) < 4.78 is 18.9. The van der Waals surface area contributed by atoms with Crippen LogP contribution in [-0.4, -0.2) is 46.9 Å². The van der Waals surface area contributed by atoms with Crippen LogP contribution in [0, 0.1) is 5.82 Å². The minimum atomic E-state index is -0.292. The molecular formula is C23H25FN4O2S. The zero-order valence-electron chi connectivity index (χ0n) is 17.5. The van der Waals surface area contributed by atoms with Gasteiger partial charge in [-0.3, -0.25) is 4.79 Å². The maximum Gasteiger partial charge on any atom is 0.230 e. The van der Waals surface area contributed by atoms with Crippen molar-refractivity contribution >= 4 is 34.5 Å². The first-order chi connectivity index (χ1) is 15.0. The molecule has 4 rings (SSSR count). The van der Waals surface area contributed by atoms with Crippen LogP contribution in [-0.2, 0) is 16.1 Å². The van der Waals surface area contributed by atoms with E-state index in [4.69, 9.17) is 14.7 Å². The number of benzene rings is 2. The maximum atomic E-state index is 13.0. The number of anilines is 1. The predicted octanol–water partition coefficient (Wildman–Crippen LogP) is 3.79. The predicted molar refractivity (Wildman–Crippen MR) is 121 cm³/mol. The fraction of sp³-hybridized carbons (Fsp3) is 0.348. The summed E-state index contributed by atoms with van der Waals surface area (Å²) in [5.74, 6) is 0.604. The number of thioether (sulfide) groups is 1. The summed E-state index contributed by atoms with van der Waals surface area (Å²) in [5, 5.41) is 3.61.